The monoisotopic (exact) mass is 261 g/mol. The molecule has 0 amide bonds. The maximum absolute atomic E-state index is 4.10. The first kappa shape index (κ1) is 13.2. The van der Waals surface area contributed by atoms with Crippen molar-refractivity contribution in [1.29, 1.82) is 0 Å². The molecule has 0 aliphatic heterocycles. The van der Waals surface area contributed by atoms with Crippen LogP contribution >= 0.6 is 11.3 Å². The van der Waals surface area contributed by atoms with Crippen LogP contribution in [0.25, 0.3) is 0 Å². The van der Waals surface area contributed by atoms with Crippen LogP contribution in [0.5, 0.6) is 0 Å². The van der Waals surface area contributed by atoms with Gasteiger partial charge in [-0.15, -0.1) is 0 Å². The maximum atomic E-state index is 4.10. The van der Waals surface area contributed by atoms with Crippen LogP contribution in [0.1, 0.15) is 11.1 Å². The van der Waals surface area contributed by atoms with Crippen molar-refractivity contribution in [2.24, 2.45) is 0 Å². The highest BCUT2D eigenvalue weighted by molar-refractivity contribution is 7.07. The molecule has 0 aliphatic rings. The molecular weight excluding hydrogens is 242 g/mol. The molecular formula is C14H19N3S. The van der Waals surface area contributed by atoms with E-state index >= 15 is 0 Å². The van der Waals surface area contributed by atoms with Crippen LogP contribution in [0.15, 0.2) is 41.4 Å². The van der Waals surface area contributed by atoms with Crippen LogP contribution in [0.4, 0.5) is 0 Å². The van der Waals surface area contributed by atoms with E-state index in [4.69, 9.17) is 0 Å². The van der Waals surface area contributed by atoms with E-state index in [1.54, 1.807) is 17.5 Å². The van der Waals surface area contributed by atoms with Crippen molar-refractivity contribution >= 4 is 11.3 Å². The van der Waals surface area contributed by atoms with Crippen LogP contribution in [0.2, 0.25) is 0 Å². The van der Waals surface area contributed by atoms with Crippen molar-refractivity contribution in [2.45, 2.75) is 13.1 Å². The molecule has 0 bridgehead atoms. The third-order valence-electron chi connectivity index (χ3n) is 2.75. The minimum absolute atomic E-state index is 0.889. The smallest absolute Gasteiger partial charge is 0.0312 e. The average Bonchev–Trinajstić information content (AvgIpc) is 2.89. The molecule has 2 aromatic heterocycles. The summed E-state index contributed by atoms with van der Waals surface area (Å²) in [5.74, 6) is 0. The van der Waals surface area contributed by atoms with Crippen LogP contribution in [-0.4, -0.2) is 30.0 Å². The zero-order valence-corrected chi connectivity index (χ0v) is 11.5. The van der Waals surface area contributed by atoms with Gasteiger partial charge in [0.25, 0.3) is 0 Å². The first-order chi connectivity index (χ1) is 8.84. The van der Waals surface area contributed by atoms with E-state index < -0.39 is 0 Å². The number of nitrogens with zero attached hydrogens (tertiary/aromatic N) is 2. The first-order valence-corrected chi connectivity index (χ1v) is 7.08. The molecule has 0 atom stereocenters. The summed E-state index contributed by atoms with van der Waals surface area (Å²) in [4.78, 5) is 6.43. The summed E-state index contributed by atoms with van der Waals surface area (Å²) in [5.41, 5.74) is 2.63. The van der Waals surface area contributed by atoms with E-state index in [-0.39, 0.29) is 0 Å². The Morgan fingerprint density at radius 2 is 2.28 bits per heavy atom. The number of nitrogens with one attached hydrogen (secondary N) is 1. The molecule has 0 saturated heterocycles. The Morgan fingerprint density at radius 1 is 1.33 bits per heavy atom. The van der Waals surface area contributed by atoms with Gasteiger partial charge in [0.1, 0.15) is 0 Å². The lowest BCUT2D eigenvalue weighted by atomic mass is 10.3. The fraction of sp³-hybridized carbons (Fsp3) is 0.357. The third-order valence-corrected chi connectivity index (χ3v) is 3.49. The molecule has 2 aromatic rings. The number of aromatic nitrogens is 1. The highest BCUT2D eigenvalue weighted by Gasteiger charge is 2.00. The fourth-order valence-electron chi connectivity index (χ4n) is 1.78. The summed E-state index contributed by atoms with van der Waals surface area (Å²) in [6.07, 6.45) is 3.71. The quantitative estimate of drug-likeness (QED) is 0.776. The molecule has 0 saturated carbocycles. The van der Waals surface area contributed by atoms with Gasteiger partial charge in [-0.2, -0.15) is 11.3 Å². The molecule has 1 N–H and O–H groups in total. The molecule has 2 heterocycles. The second kappa shape index (κ2) is 7.26. The number of thiophene rings is 1. The minimum atomic E-state index is 0.889. The predicted octanol–water partition coefficient (Wildman–Crippen LogP) is 2.36. The molecule has 0 spiro atoms. The van der Waals surface area contributed by atoms with Gasteiger partial charge in [-0.3, -0.25) is 4.98 Å². The van der Waals surface area contributed by atoms with Gasteiger partial charge in [0.05, 0.1) is 0 Å². The number of hydrogen-bond donors (Lipinski definition) is 1. The average molecular weight is 261 g/mol. The van der Waals surface area contributed by atoms with Gasteiger partial charge in [-0.05, 0) is 41.1 Å². The molecule has 18 heavy (non-hydrogen) atoms. The standard InChI is InChI=1S/C14H19N3S/c1-17(11-14-4-8-18-12-14)7-6-16-10-13-3-2-5-15-9-13/h2-5,8-9,12,16H,6-7,10-11H2,1H3. The summed E-state index contributed by atoms with van der Waals surface area (Å²) in [5, 5.41) is 7.77. The molecule has 0 fully saturated rings. The Balaban J connectivity index is 1.60. The van der Waals surface area contributed by atoms with Gasteiger partial charge in [-0.1, -0.05) is 6.07 Å². The van der Waals surface area contributed by atoms with Crippen LogP contribution in [0.3, 0.4) is 0 Å². The van der Waals surface area contributed by atoms with Crippen molar-refractivity contribution in [3.05, 3.63) is 52.5 Å². The third kappa shape index (κ3) is 4.56. The molecule has 4 heteroatoms. The molecule has 0 radical (unpaired) electrons. The van der Waals surface area contributed by atoms with E-state index in [1.165, 1.54) is 11.1 Å². The summed E-state index contributed by atoms with van der Waals surface area (Å²) < 4.78 is 0. The summed E-state index contributed by atoms with van der Waals surface area (Å²) >= 11 is 1.76. The van der Waals surface area contributed by atoms with E-state index in [0.29, 0.717) is 0 Å². The highest BCUT2D eigenvalue weighted by Crippen LogP contribution is 2.07. The van der Waals surface area contributed by atoms with Crippen molar-refractivity contribution in [2.75, 3.05) is 20.1 Å². The number of rotatable bonds is 7. The normalized spacial score (nSPS) is 11.0. The molecule has 0 unspecified atom stereocenters. The van der Waals surface area contributed by atoms with Crippen LogP contribution < -0.4 is 5.32 Å². The molecule has 0 aromatic carbocycles. The molecule has 0 aliphatic carbocycles. The van der Waals surface area contributed by atoms with E-state index in [1.807, 2.05) is 12.3 Å². The number of likely N-dealkylation sites (N-methyl/N-ethyl adjacent to an activating group) is 1. The second-order valence-corrected chi connectivity index (χ2v) is 5.19. The van der Waals surface area contributed by atoms with Crippen molar-refractivity contribution in [3.63, 3.8) is 0 Å². The summed E-state index contributed by atoms with van der Waals surface area (Å²) in [6.45, 7) is 3.96. The highest BCUT2D eigenvalue weighted by atomic mass is 32.1. The zero-order valence-electron chi connectivity index (χ0n) is 10.7. The predicted molar refractivity (Wildman–Crippen MR) is 76.6 cm³/mol. The first-order valence-electron chi connectivity index (χ1n) is 6.14. The van der Waals surface area contributed by atoms with E-state index in [2.05, 4.69) is 45.1 Å². The van der Waals surface area contributed by atoms with E-state index in [9.17, 15) is 0 Å². The lowest BCUT2D eigenvalue weighted by Gasteiger charge is -2.16. The van der Waals surface area contributed by atoms with Crippen LogP contribution in [-0.2, 0) is 13.1 Å². The molecule has 3 nitrogen and oxygen atoms in total. The van der Waals surface area contributed by atoms with Crippen molar-refractivity contribution < 1.29 is 0 Å². The van der Waals surface area contributed by atoms with Crippen molar-refractivity contribution in [1.82, 2.24) is 15.2 Å². The van der Waals surface area contributed by atoms with Gasteiger partial charge in [0.2, 0.25) is 0 Å². The van der Waals surface area contributed by atoms with Gasteiger partial charge in [0.15, 0.2) is 0 Å². The lowest BCUT2D eigenvalue weighted by molar-refractivity contribution is 0.324. The second-order valence-electron chi connectivity index (χ2n) is 4.41. The lowest BCUT2D eigenvalue weighted by Crippen LogP contribution is -2.28. The Morgan fingerprint density at radius 3 is 3.00 bits per heavy atom. The van der Waals surface area contributed by atoms with Gasteiger partial charge >= 0.3 is 0 Å². The Bertz CT molecular complexity index is 428. The number of hydrogen-bond acceptors (Lipinski definition) is 4. The Kier molecular flexibility index (Phi) is 5.33. The Labute approximate surface area is 112 Å². The topological polar surface area (TPSA) is 28.2 Å². The summed E-state index contributed by atoms with van der Waals surface area (Å²) in [6, 6.07) is 6.25. The van der Waals surface area contributed by atoms with Gasteiger partial charge in [0, 0.05) is 38.6 Å². The fourth-order valence-corrected chi connectivity index (χ4v) is 2.44. The van der Waals surface area contributed by atoms with Gasteiger partial charge in [-0.25, -0.2) is 0 Å². The molecule has 96 valence electrons. The SMILES string of the molecule is CN(CCNCc1cccnc1)Cc1ccsc1. The molecule has 2 rings (SSSR count). The maximum Gasteiger partial charge on any atom is 0.0312 e. The zero-order chi connectivity index (χ0) is 12.6. The van der Waals surface area contributed by atoms with E-state index in [0.717, 1.165) is 26.2 Å². The van der Waals surface area contributed by atoms with Crippen molar-refractivity contribution in [3.8, 4) is 0 Å². The summed E-state index contributed by atoms with van der Waals surface area (Å²) in [7, 11) is 2.16. The number of pyridine rings is 1. The van der Waals surface area contributed by atoms with Gasteiger partial charge < -0.3 is 10.2 Å². The largest absolute Gasteiger partial charge is 0.311 e. The Hall–Kier alpha value is -1.23. The minimum Gasteiger partial charge on any atom is -0.311 e. The van der Waals surface area contributed by atoms with Crippen LogP contribution in [0, 0.1) is 0 Å².